The topological polar surface area (TPSA) is 80.4 Å². The molecule has 0 fully saturated rings. The van der Waals surface area contributed by atoms with Gasteiger partial charge in [-0.2, -0.15) is 0 Å². The maximum atomic E-state index is 12.3. The highest BCUT2D eigenvalue weighted by Crippen LogP contribution is 2.26. The van der Waals surface area contributed by atoms with Gasteiger partial charge in [0, 0.05) is 11.1 Å². The summed E-state index contributed by atoms with van der Waals surface area (Å²) in [6.45, 7) is 0. The second-order valence-electron chi connectivity index (χ2n) is 4.29. The Bertz CT molecular complexity index is 653. The number of carbonyl (C=O) groups is 2. The highest BCUT2D eigenvalue weighted by atomic mass is 79.9. The van der Waals surface area contributed by atoms with Crippen molar-refractivity contribution in [3.63, 3.8) is 0 Å². The predicted molar refractivity (Wildman–Crippen MR) is 78.7 cm³/mol. The summed E-state index contributed by atoms with van der Waals surface area (Å²) in [5.41, 5.74) is 6.94. The molecule has 0 saturated heterocycles. The molecule has 0 bridgehead atoms. The van der Waals surface area contributed by atoms with E-state index in [9.17, 15) is 9.59 Å². The van der Waals surface area contributed by atoms with E-state index in [2.05, 4.69) is 15.9 Å². The van der Waals surface area contributed by atoms with Gasteiger partial charge in [-0.25, -0.2) is 4.79 Å². The van der Waals surface area contributed by atoms with Crippen molar-refractivity contribution in [2.45, 2.75) is 4.45 Å². The van der Waals surface area contributed by atoms with Crippen LogP contribution < -0.4 is 5.73 Å². The molecule has 1 atom stereocenters. The fourth-order valence-electron chi connectivity index (χ4n) is 1.77. The Hall–Kier alpha value is -1.98. The van der Waals surface area contributed by atoms with Crippen molar-refractivity contribution in [1.82, 2.24) is 0 Å². The molecule has 2 aromatic carbocycles. The minimum absolute atomic E-state index is 0.180. The number of hydrogen-bond donors (Lipinski definition) is 2. The molecule has 1 unspecified atom stereocenters. The third kappa shape index (κ3) is 2.79. The number of nitrogens with two attached hydrogens (primary N) is 1. The van der Waals surface area contributed by atoms with E-state index in [0.717, 1.165) is 0 Å². The van der Waals surface area contributed by atoms with Crippen LogP contribution in [0.3, 0.4) is 0 Å². The zero-order valence-corrected chi connectivity index (χ0v) is 12.0. The van der Waals surface area contributed by atoms with E-state index in [-0.39, 0.29) is 5.78 Å². The summed E-state index contributed by atoms with van der Waals surface area (Å²) < 4.78 is -1.71. The second-order valence-corrected chi connectivity index (χ2v) is 5.54. The van der Waals surface area contributed by atoms with Crippen LogP contribution in [0.4, 0.5) is 0 Å². The number of carbonyl (C=O) groups excluding carboxylic acids is 1. The average molecular weight is 334 g/mol. The molecule has 0 heterocycles. The fourth-order valence-corrected chi connectivity index (χ4v) is 2.01. The Morgan fingerprint density at radius 2 is 1.60 bits per heavy atom. The number of benzene rings is 2. The lowest BCUT2D eigenvalue weighted by molar-refractivity contribution is -0.139. The molecule has 0 radical (unpaired) electrons. The van der Waals surface area contributed by atoms with Crippen LogP contribution in [0.15, 0.2) is 54.6 Å². The van der Waals surface area contributed by atoms with E-state index < -0.39 is 10.4 Å². The molecule has 4 nitrogen and oxygen atoms in total. The van der Waals surface area contributed by atoms with Gasteiger partial charge < -0.3 is 10.8 Å². The van der Waals surface area contributed by atoms with Crippen LogP contribution in [-0.4, -0.2) is 16.9 Å². The number of aliphatic carboxylic acids is 1. The van der Waals surface area contributed by atoms with Crippen LogP contribution in [0.1, 0.15) is 21.5 Å². The zero-order chi connectivity index (χ0) is 14.8. The molecule has 0 aliphatic heterocycles. The van der Waals surface area contributed by atoms with Crippen molar-refractivity contribution in [2.75, 3.05) is 0 Å². The molecule has 2 rings (SSSR count). The first-order valence-electron chi connectivity index (χ1n) is 5.84. The first kappa shape index (κ1) is 14.4. The number of halogens is 1. The minimum atomic E-state index is -1.71. The second kappa shape index (κ2) is 5.56. The van der Waals surface area contributed by atoms with Crippen LogP contribution in [0.25, 0.3) is 0 Å². The molecule has 0 amide bonds. The molecule has 0 aliphatic rings. The van der Waals surface area contributed by atoms with Gasteiger partial charge in [0.1, 0.15) is 0 Å². The Balaban J connectivity index is 2.41. The highest BCUT2D eigenvalue weighted by molar-refractivity contribution is 9.10. The van der Waals surface area contributed by atoms with Crippen LogP contribution in [0.2, 0.25) is 0 Å². The summed E-state index contributed by atoms with van der Waals surface area (Å²) in [5, 5.41) is 9.08. The Labute approximate surface area is 124 Å². The summed E-state index contributed by atoms with van der Waals surface area (Å²) in [7, 11) is 0. The van der Waals surface area contributed by atoms with Crippen molar-refractivity contribution < 1.29 is 14.7 Å². The monoisotopic (exact) mass is 333 g/mol. The number of carboxylic acids is 1. The lowest BCUT2D eigenvalue weighted by Gasteiger charge is -2.18. The molecule has 0 aliphatic carbocycles. The van der Waals surface area contributed by atoms with E-state index in [1.54, 1.807) is 42.5 Å². The van der Waals surface area contributed by atoms with Crippen LogP contribution >= 0.6 is 15.9 Å². The van der Waals surface area contributed by atoms with Crippen molar-refractivity contribution >= 4 is 27.7 Å². The third-order valence-corrected chi connectivity index (χ3v) is 3.69. The normalized spacial score (nSPS) is 13.5. The number of alkyl halides is 1. The molecule has 0 spiro atoms. The molecule has 20 heavy (non-hydrogen) atoms. The van der Waals surface area contributed by atoms with Gasteiger partial charge in [0.15, 0.2) is 10.2 Å². The first-order chi connectivity index (χ1) is 9.43. The third-order valence-electron chi connectivity index (χ3n) is 2.89. The van der Waals surface area contributed by atoms with Crippen molar-refractivity contribution in [2.24, 2.45) is 5.73 Å². The number of rotatable bonds is 4. The molecule has 2 aromatic rings. The fraction of sp³-hybridized carbons (Fsp3) is 0.0667. The van der Waals surface area contributed by atoms with Gasteiger partial charge in [0.05, 0.1) is 0 Å². The van der Waals surface area contributed by atoms with E-state index in [1.807, 2.05) is 6.07 Å². The van der Waals surface area contributed by atoms with Gasteiger partial charge in [-0.3, -0.25) is 4.79 Å². The molecular weight excluding hydrogens is 322 g/mol. The summed E-state index contributed by atoms with van der Waals surface area (Å²) in [6, 6.07) is 15.1. The van der Waals surface area contributed by atoms with E-state index in [4.69, 9.17) is 10.8 Å². The van der Waals surface area contributed by atoms with Gasteiger partial charge in [-0.15, -0.1) is 0 Å². The van der Waals surface area contributed by atoms with E-state index in [1.165, 1.54) is 6.07 Å². The SMILES string of the molecule is NC(Br)(C(=O)O)c1cccc(C(=O)c2ccccc2)c1. The number of hydrogen-bond acceptors (Lipinski definition) is 3. The summed E-state index contributed by atoms with van der Waals surface area (Å²) in [4.78, 5) is 23.4. The molecule has 5 heteroatoms. The lowest BCUT2D eigenvalue weighted by Crippen LogP contribution is -2.38. The molecule has 3 N–H and O–H groups in total. The molecule has 0 aromatic heterocycles. The first-order valence-corrected chi connectivity index (χ1v) is 6.63. The van der Waals surface area contributed by atoms with Crippen LogP contribution in [-0.2, 0) is 9.24 Å². The van der Waals surface area contributed by atoms with Crippen molar-refractivity contribution in [3.8, 4) is 0 Å². The van der Waals surface area contributed by atoms with Gasteiger partial charge in [0.2, 0.25) is 0 Å². The van der Waals surface area contributed by atoms with Gasteiger partial charge >= 0.3 is 5.97 Å². The lowest BCUT2D eigenvalue weighted by atomic mass is 9.99. The number of ketones is 1. The van der Waals surface area contributed by atoms with Gasteiger partial charge in [-0.1, -0.05) is 64.5 Å². The minimum Gasteiger partial charge on any atom is -0.479 e. The Kier molecular flexibility index (Phi) is 4.01. The van der Waals surface area contributed by atoms with Crippen LogP contribution in [0.5, 0.6) is 0 Å². The largest absolute Gasteiger partial charge is 0.479 e. The van der Waals surface area contributed by atoms with E-state index in [0.29, 0.717) is 16.7 Å². The van der Waals surface area contributed by atoms with Crippen molar-refractivity contribution in [3.05, 3.63) is 71.3 Å². The Morgan fingerprint density at radius 1 is 1.00 bits per heavy atom. The van der Waals surface area contributed by atoms with Crippen molar-refractivity contribution in [1.29, 1.82) is 0 Å². The molecule has 0 saturated carbocycles. The summed E-state index contributed by atoms with van der Waals surface area (Å²) in [5.74, 6) is -1.40. The summed E-state index contributed by atoms with van der Waals surface area (Å²) >= 11 is 2.96. The molecular formula is C15H12BrNO3. The van der Waals surface area contributed by atoms with E-state index >= 15 is 0 Å². The highest BCUT2D eigenvalue weighted by Gasteiger charge is 2.33. The predicted octanol–water partition coefficient (Wildman–Crippen LogP) is 2.51. The number of carboxylic acid groups (broad SMARTS) is 1. The standard InChI is InChI=1S/C15H12BrNO3/c16-15(17,14(19)20)12-8-4-7-11(9-12)13(18)10-5-2-1-3-6-10/h1-9H,17H2,(H,19,20). The quantitative estimate of drug-likeness (QED) is 0.511. The van der Waals surface area contributed by atoms with Gasteiger partial charge in [0.25, 0.3) is 0 Å². The average Bonchev–Trinajstić information content (AvgIpc) is 2.47. The Morgan fingerprint density at radius 3 is 2.20 bits per heavy atom. The molecule has 102 valence electrons. The maximum absolute atomic E-state index is 12.3. The van der Waals surface area contributed by atoms with Crippen LogP contribution in [0, 0.1) is 0 Å². The summed E-state index contributed by atoms with van der Waals surface area (Å²) in [6.07, 6.45) is 0. The zero-order valence-electron chi connectivity index (χ0n) is 10.4. The smallest absolute Gasteiger partial charge is 0.339 e. The van der Waals surface area contributed by atoms with Gasteiger partial charge in [-0.05, 0) is 11.6 Å². The maximum Gasteiger partial charge on any atom is 0.339 e.